The summed E-state index contributed by atoms with van der Waals surface area (Å²) in [7, 11) is -2.51. The normalized spacial score (nSPS) is 16.4. The second kappa shape index (κ2) is 12.5. The zero-order chi connectivity index (χ0) is 32.6. The number of sulfonamides is 1. The number of hydrogen-bond acceptors (Lipinski definition) is 7. The van der Waals surface area contributed by atoms with Gasteiger partial charge in [0.25, 0.3) is 11.8 Å². The van der Waals surface area contributed by atoms with Crippen LogP contribution in [0.3, 0.4) is 0 Å². The molecule has 0 fully saturated rings. The Labute approximate surface area is 265 Å². The van der Waals surface area contributed by atoms with Crippen LogP contribution in [0, 0.1) is 12.7 Å². The van der Waals surface area contributed by atoms with Gasteiger partial charge in [0.15, 0.2) is 11.5 Å². The van der Waals surface area contributed by atoms with Crippen molar-refractivity contribution in [3.05, 3.63) is 112 Å². The van der Waals surface area contributed by atoms with Crippen molar-refractivity contribution in [1.29, 1.82) is 0 Å². The first-order chi connectivity index (χ1) is 22.0. The Kier molecular flexibility index (Phi) is 8.41. The standard InChI is InChI=1S/C34H32FN3O7S/c1-20-4-8-25(46(36,41)42)19-27(20)34(40)38-14-12-21-16-23-6-9-26(21)32(38)22-5-11-30(43-2)31(17-22)44-15-3-13-37-33(39)28-18-24(45-23)7-10-29(28)35/h4-11,16-19,32H,3,12-15H2,1-2H3,(H,37,39)(H2,36,41,42). The van der Waals surface area contributed by atoms with E-state index in [1.54, 1.807) is 30.0 Å². The van der Waals surface area contributed by atoms with Gasteiger partial charge in [-0.2, -0.15) is 0 Å². The first-order valence-electron chi connectivity index (χ1n) is 14.7. The molecule has 12 heteroatoms. The molecule has 4 aromatic rings. The van der Waals surface area contributed by atoms with Gasteiger partial charge in [0.2, 0.25) is 10.0 Å². The number of nitrogens with one attached hydrogen (secondary N) is 1. The lowest BCUT2D eigenvalue weighted by molar-refractivity contribution is 0.0693. The summed E-state index contributed by atoms with van der Waals surface area (Å²) < 4.78 is 56.6. The van der Waals surface area contributed by atoms with Gasteiger partial charge in [-0.3, -0.25) is 9.59 Å². The zero-order valence-corrected chi connectivity index (χ0v) is 26.0. The number of nitrogens with two attached hydrogens (primary N) is 1. The molecule has 1 atom stereocenters. The van der Waals surface area contributed by atoms with E-state index in [1.807, 2.05) is 24.3 Å². The zero-order valence-electron chi connectivity index (χ0n) is 25.2. The van der Waals surface area contributed by atoms with E-state index in [4.69, 9.17) is 19.3 Å². The summed E-state index contributed by atoms with van der Waals surface area (Å²) >= 11 is 0. The lowest BCUT2D eigenvalue weighted by Crippen LogP contribution is -2.41. The molecule has 0 aromatic heterocycles. The maximum absolute atomic E-state index is 14.6. The minimum absolute atomic E-state index is 0.136. The number of aryl methyl sites for hydroxylation is 1. The highest BCUT2D eigenvalue weighted by Gasteiger charge is 2.34. The van der Waals surface area contributed by atoms with Crippen LogP contribution in [0.1, 0.15) is 55.4 Å². The van der Waals surface area contributed by atoms with Gasteiger partial charge in [0, 0.05) is 18.7 Å². The molecule has 0 spiro atoms. The van der Waals surface area contributed by atoms with Crippen LogP contribution < -0.4 is 24.7 Å². The highest BCUT2D eigenvalue weighted by Crippen LogP contribution is 2.41. The number of nitrogens with zero attached hydrogens (tertiary/aromatic N) is 1. The van der Waals surface area contributed by atoms with Crippen molar-refractivity contribution < 1.29 is 36.6 Å². The van der Waals surface area contributed by atoms with Crippen LogP contribution in [0.4, 0.5) is 4.39 Å². The number of amides is 2. The molecule has 0 saturated carbocycles. The van der Waals surface area contributed by atoms with Gasteiger partial charge in [-0.15, -0.1) is 0 Å². The number of hydrogen-bond donors (Lipinski definition) is 2. The number of halogens is 1. The van der Waals surface area contributed by atoms with E-state index in [-0.39, 0.29) is 35.1 Å². The molecule has 238 valence electrons. The Morgan fingerprint density at radius 2 is 1.83 bits per heavy atom. The molecule has 4 aromatic carbocycles. The fourth-order valence-electron chi connectivity index (χ4n) is 5.81. The van der Waals surface area contributed by atoms with Crippen molar-refractivity contribution in [1.82, 2.24) is 10.2 Å². The van der Waals surface area contributed by atoms with Gasteiger partial charge < -0.3 is 24.4 Å². The average Bonchev–Trinajstić information content (AvgIpc) is 3.03. The van der Waals surface area contributed by atoms with Gasteiger partial charge in [-0.05, 0) is 96.6 Å². The summed E-state index contributed by atoms with van der Waals surface area (Å²) in [6.07, 6.45) is 0.898. The Morgan fingerprint density at radius 1 is 1.04 bits per heavy atom. The monoisotopic (exact) mass is 645 g/mol. The lowest BCUT2D eigenvalue weighted by atomic mass is 9.87. The smallest absolute Gasteiger partial charge is 0.254 e. The van der Waals surface area contributed by atoms with E-state index in [2.05, 4.69) is 5.32 Å². The van der Waals surface area contributed by atoms with E-state index in [1.165, 1.54) is 37.4 Å². The number of benzene rings is 4. The molecule has 0 saturated heterocycles. The predicted molar refractivity (Wildman–Crippen MR) is 167 cm³/mol. The highest BCUT2D eigenvalue weighted by molar-refractivity contribution is 7.89. The molecule has 0 aliphatic carbocycles. The largest absolute Gasteiger partial charge is 0.493 e. The Balaban J connectivity index is 1.48. The van der Waals surface area contributed by atoms with E-state index >= 15 is 0 Å². The second-order valence-corrected chi connectivity index (χ2v) is 12.7. The first kappa shape index (κ1) is 31.1. The molecular weight excluding hydrogens is 613 g/mol. The summed E-state index contributed by atoms with van der Waals surface area (Å²) in [5, 5.41) is 8.11. The molecule has 7 rings (SSSR count). The molecule has 3 heterocycles. The number of fused-ring (bicyclic) bond motifs is 6. The summed E-state index contributed by atoms with van der Waals surface area (Å²) in [5.74, 6) is 0.117. The number of carbonyl (C=O) groups excluding carboxylic acids is 2. The summed E-state index contributed by atoms with van der Waals surface area (Å²) in [4.78, 5) is 28.6. The van der Waals surface area contributed by atoms with E-state index in [9.17, 15) is 22.4 Å². The van der Waals surface area contributed by atoms with Gasteiger partial charge >= 0.3 is 0 Å². The highest BCUT2D eigenvalue weighted by atomic mass is 32.2. The Morgan fingerprint density at radius 3 is 2.61 bits per heavy atom. The molecule has 8 bridgehead atoms. The fraction of sp³-hybridized carbons (Fsp3) is 0.235. The molecule has 46 heavy (non-hydrogen) atoms. The van der Waals surface area contributed by atoms with Crippen molar-refractivity contribution in [2.24, 2.45) is 5.14 Å². The van der Waals surface area contributed by atoms with Crippen LogP contribution in [-0.4, -0.2) is 51.9 Å². The van der Waals surface area contributed by atoms with E-state index in [0.29, 0.717) is 47.9 Å². The Hall–Kier alpha value is -4.94. The molecule has 1 unspecified atom stereocenters. The minimum Gasteiger partial charge on any atom is -0.493 e. The van der Waals surface area contributed by atoms with Gasteiger partial charge in [0.05, 0.1) is 30.2 Å². The van der Waals surface area contributed by atoms with Crippen LogP contribution in [0.15, 0.2) is 77.7 Å². The summed E-state index contributed by atoms with van der Waals surface area (Å²) in [5.41, 5.74) is 3.20. The topological polar surface area (TPSA) is 137 Å². The van der Waals surface area contributed by atoms with Crippen LogP contribution in [0.25, 0.3) is 0 Å². The van der Waals surface area contributed by atoms with Crippen molar-refractivity contribution in [3.63, 3.8) is 0 Å². The van der Waals surface area contributed by atoms with E-state index < -0.39 is 27.8 Å². The van der Waals surface area contributed by atoms with Gasteiger partial charge in [-0.1, -0.05) is 18.2 Å². The molecule has 3 N–H and O–H groups in total. The van der Waals surface area contributed by atoms with Crippen molar-refractivity contribution in [2.75, 3.05) is 26.8 Å². The lowest BCUT2D eigenvalue weighted by Gasteiger charge is -2.38. The summed E-state index contributed by atoms with van der Waals surface area (Å²) in [6, 6.07) is 18.6. The number of primary sulfonamides is 1. The maximum atomic E-state index is 14.6. The third-order valence-electron chi connectivity index (χ3n) is 8.16. The maximum Gasteiger partial charge on any atom is 0.254 e. The average molecular weight is 646 g/mol. The third kappa shape index (κ3) is 6.13. The van der Waals surface area contributed by atoms with Crippen LogP contribution in [0.5, 0.6) is 23.0 Å². The minimum atomic E-state index is -4.04. The number of methoxy groups -OCH3 is 1. The van der Waals surface area contributed by atoms with E-state index in [0.717, 1.165) is 16.7 Å². The number of rotatable bonds is 3. The molecule has 0 radical (unpaired) electrons. The number of carbonyl (C=O) groups is 2. The fourth-order valence-corrected chi connectivity index (χ4v) is 6.35. The molecule has 10 nitrogen and oxygen atoms in total. The molecule has 3 aliphatic rings. The van der Waals surface area contributed by atoms with Crippen molar-refractivity contribution in [2.45, 2.75) is 30.7 Å². The van der Waals surface area contributed by atoms with Crippen molar-refractivity contribution in [3.8, 4) is 23.0 Å². The van der Waals surface area contributed by atoms with Gasteiger partial charge in [-0.25, -0.2) is 17.9 Å². The van der Waals surface area contributed by atoms with Crippen LogP contribution in [0.2, 0.25) is 0 Å². The first-order valence-corrected chi connectivity index (χ1v) is 16.2. The van der Waals surface area contributed by atoms with Gasteiger partial charge in [0.1, 0.15) is 17.3 Å². The van der Waals surface area contributed by atoms with Crippen LogP contribution in [-0.2, 0) is 16.4 Å². The summed E-state index contributed by atoms with van der Waals surface area (Å²) in [6.45, 7) is 2.51. The Bertz CT molecular complexity index is 1960. The SMILES string of the molecule is COc1ccc2cc1OCCCNC(=O)c1cc(ccc1F)Oc1ccc3c(c1)CCN(C(=O)c1cc(S(N)(=O)=O)ccc1C)C23. The molecule has 2 amide bonds. The molecule has 3 aliphatic heterocycles. The van der Waals surface area contributed by atoms with Crippen LogP contribution >= 0.6 is 0 Å². The number of ether oxygens (including phenoxy) is 3. The third-order valence-corrected chi connectivity index (χ3v) is 9.07. The molecular formula is C34H32FN3O7S. The quantitative estimate of drug-likeness (QED) is 0.324. The second-order valence-electron chi connectivity index (χ2n) is 11.1. The predicted octanol–water partition coefficient (Wildman–Crippen LogP) is 4.88. The van der Waals surface area contributed by atoms with Crippen molar-refractivity contribution >= 4 is 21.8 Å².